The Hall–Kier alpha value is -1.65. The van der Waals surface area contributed by atoms with E-state index in [9.17, 15) is 0 Å². The summed E-state index contributed by atoms with van der Waals surface area (Å²) in [4.78, 5) is 8.98. The SMILES string of the molecule is c1ccc(CSCc2csc(-c3ccccn3)n2)cc1. The van der Waals surface area contributed by atoms with E-state index in [1.165, 1.54) is 5.56 Å². The molecule has 0 spiro atoms. The molecule has 0 saturated heterocycles. The van der Waals surface area contributed by atoms with E-state index in [2.05, 4.69) is 39.6 Å². The molecule has 0 aliphatic heterocycles. The molecule has 0 aliphatic rings. The third kappa shape index (κ3) is 3.46. The van der Waals surface area contributed by atoms with Crippen LogP contribution in [0.3, 0.4) is 0 Å². The first-order valence-electron chi connectivity index (χ1n) is 6.39. The van der Waals surface area contributed by atoms with Crippen molar-refractivity contribution in [1.29, 1.82) is 0 Å². The van der Waals surface area contributed by atoms with Crippen molar-refractivity contribution in [1.82, 2.24) is 9.97 Å². The number of hydrogen-bond acceptors (Lipinski definition) is 4. The number of nitrogens with zero attached hydrogens (tertiary/aromatic N) is 2. The average Bonchev–Trinajstić information content (AvgIpc) is 2.98. The summed E-state index contributed by atoms with van der Waals surface area (Å²) in [6.45, 7) is 0. The molecule has 3 rings (SSSR count). The van der Waals surface area contributed by atoms with E-state index in [0.29, 0.717) is 0 Å². The number of aromatic nitrogens is 2. The van der Waals surface area contributed by atoms with Crippen LogP contribution in [0.4, 0.5) is 0 Å². The molecule has 0 unspecified atom stereocenters. The van der Waals surface area contributed by atoms with Crippen LogP contribution in [0.2, 0.25) is 0 Å². The first-order chi connectivity index (χ1) is 9.92. The summed E-state index contributed by atoms with van der Waals surface area (Å²) < 4.78 is 0. The Kier molecular flexibility index (Phi) is 4.46. The maximum atomic E-state index is 4.65. The lowest BCUT2D eigenvalue weighted by atomic mass is 10.2. The van der Waals surface area contributed by atoms with E-state index in [1.807, 2.05) is 36.0 Å². The van der Waals surface area contributed by atoms with Crippen LogP contribution < -0.4 is 0 Å². The minimum absolute atomic E-state index is 0.943. The van der Waals surface area contributed by atoms with E-state index in [0.717, 1.165) is 27.9 Å². The number of thiazole rings is 1. The summed E-state index contributed by atoms with van der Waals surface area (Å²) in [5, 5.41) is 3.13. The third-order valence-corrected chi connectivity index (χ3v) is 4.75. The van der Waals surface area contributed by atoms with Crippen LogP contribution in [0.15, 0.2) is 60.1 Å². The Balaban J connectivity index is 1.58. The van der Waals surface area contributed by atoms with Crippen LogP contribution >= 0.6 is 23.1 Å². The minimum Gasteiger partial charge on any atom is -0.254 e. The fourth-order valence-corrected chi connectivity index (χ4v) is 3.62. The quantitative estimate of drug-likeness (QED) is 0.686. The van der Waals surface area contributed by atoms with E-state index in [4.69, 9.17) is 0 Å². The molecule has 0 radical (unpaired) electrons. The van der Waals surface area contributed by atoms with Crippen molar-refractivity contribution in [3.63, 3.8) is 0 Å². The van der Waals surface area contributed by atoms with E-state index in [1.54, 1.807) is 17.5 Å². The summed E-state index contributed by atoms with van der Waals surface area (Å²) in [6, 6.07) is 16.4. The number of hydrogen-bond donors (Lipinski definition) is 0. The predicted octanol–water partition coefficient (Wildman–Crippen LogP) is 4.64. The van der Waals surface area contributed by atoms with Crippen LogP contribution in [0.25, 0.3) is 10.7 Å². The van der Waals surface area contributed by atoms with Crippen LogP contribution in [0, 0.1) is 0 Å². The van der Waals surface area contributed by atoms with Gasteiger partial charge in [-0.3, -0.25) is 4.98 Å². The molecule has 0 amide bonds. The zero-order valence-electron chi connectivity index (χ0n) is 10.9. The molecule has 2 heterocycles. The lowest BCUT2D eigenvalue weighted by Gasteiger charge is -1.99. The third-order valence-electron chi connectivity index (χ3n) is 2.80. The van der Waals surface area contributed by atoms with Gasteiger partial charge in [0.05, 0.1) is 11.4 Å². The molecule has 0 N–H and O–H groups in total. The molecule has 100 valence electrons. The smallest absolute Gasteiger partial charge is 0.142 e. The highest BCUT2D eigenvalue weighted by Gasteiger charge is 2.05. The lowest BCUT2D eigenvalue weighted by Crippen LogP contribution is -1.85. The number of benzene rings is 1. The summed E-state index contributed by atoms with van der Waals surface area (Å²) in [7, 11) is 0. The molecule has 0 fully saturated rings. The molecule has 0 bridgehead atoms. The van der Waals surface area contributed by atoms with Gasteiger partial charge in [-0.05, 0) is 17.7 Å². The second-order valence-electron chi connectivity index (χ2n) is 4.34. The monoisotopic (exact) mass is 298 g/mol. The predicted molar refractivity (Wildman–Crippen MR) is 86.8 cm³/mol. The Morgan fingerprint density at radius 2 is 1.80 bits per heavy atom. The Morgan fingerprint density at radius 1 is 0.950 bits per heavy atom. The summed E-state index contributed by atoms with van der Waals surface area (Å²) in [5.41, 5.74) is 3.45. The first-order valence-corrected chi connectivity index (χ1v) is 8.43. The zero-order valence-corrected chi connectivity index (χ0v) is 12.5. The molecule has 0 atom stereocenters. The average molecular weight is 298 g/mol. The van der Waals surface area contributed by atoms with Crippen molar-refractivity contribution in [2.45, 2.75) is 11.5 Å². The van der Waals surface area contributed by atoms with Crippen molar-refractivity contribution in [2.75, 3.05) is 0 Å². The summed E-state index contributed by atoms with van der Waals surface area (Å²) in [5.74, 6) is 1.97. The maximum absolute atomic E-state index is 4.65. The normalized spacial score (nSPS) is 10.6. The Labute approximate surface area is 126 Å². The molecule has 2 aromatic heterocycles. The van der Waals surface area contributed by atoms with Crippen LogP contribution in [-0.2, 0) is 11.5 Å². The summed E-state index contributed by atoms with van der Waals surface area (Å²) >= 11 is 3.55. The van der Waals surface area contributed by atoms with Crippen molar-refractivity contribution in [2.24, 2.45) is 0 Å². The van der Waals surface area contributed by atoms with Gasteiger partial charge in [0.2, 0.25) is 0 Å². The number of pyridine rings is 1. The second kappa shape index (κ2) is 6.68. The van der Waals surface area contributed by atoms with Gasteiger partial charge in [0.15, 0.2) is 0 Å². The van der Waals surface area contributed by atoms with Gasteiger partial charge in [0.25, 0.3) is 0 Å². The van der Waals surface area contributed by atoms with Gasteiger partial charge in [-0.1, -0.05) is 36.4 Å². The van der Waals surface area contributed by atoms with E-state index in [-0.39, 0.29) is 0 Å². The molecular weight excluding hydrogens is 284 g/mol. The van der Waals surface area contributed by atoms with Gasteiger partial charge in [0.1, 0.15) is 5.01 Å². The molecule has 3 aromatic rings. The van der Waals surface area contributed by atoms with Crippen molar-refractivity contribution >= 4 is 23.1 Å². The highest BCUT2D eigenvalue weighted by molar-refractivity contribution is 7.97. The van der Waals surface area contributed by atoms with E-state index < -0.39 is 0 Å². The van der Waals surface area contributed by atoms with Crippen molar-refractivity contribution in [3.8, 4) is 10.7 Å². The van der Waals surface area contributed by atoms with Crippen LogP contribution in [0.1, 0.15) is 11.3 Å². The van der Waals surface area contributed by atoms with Gasteiger partial charge < -0.3 is 0 Å². The van der Waals surface area contributed by atoms with E-state index >= 15 is 0 Å². The van der Waals surface area contributed by atoms with Crippen molar-refractivity contribution in [3.05, 3.63) is 71.4 Å². The lowest BCUT2D eigenvalue weighted by molar-refractivity contribution is 1.21. The van der Waals surface area contributed by atoms with Gasteiger partial charge in [-0.25, -0.2) is 4.98 Å². The standard InChI is InChI=1S/C16H14N2S2/c1-2-6-13(7-3-1)10-19-11-14-12-20-16(18-14)15-8-4-5-9-17-15/h1-9,12H,10-11H2. The molecule has 2 nitrogen and oxygen atoms in total. The fourth-order valence-electron chi connectivity index (χ4n) is 1.83. The van der Waals surface area contributed by atoms with Gasteiger partial charge in [-0.2, -0.15) is 11.8 Å². The topological polar surface area (TPSA) is 25.8 Å². The van der Waals surface area contributed by atoms with Crippen LogP contribution in [-0.4, -0.2) is 9.97 Å². The Morgan fingerprint density at radius 3 is 2.60 bits per heavy atom. The molecular formula is C16H14N2S2. The largest absolute Gasteiger partial charge is 0.254 e. The second-order valence-corrected chi connectivity index (χ2v) is 6.18. The van der Waals surface area contributed by atoms with Gasteiger partial charge in [-0.15, -0.1) is 11.3 Å². The summed E-state index contributed by atoms with van der Waals surface area (Å²) in [6.07, 6.45) is 1.81. The molecule has 0 aliphatic carbocycles. The maximum Gasteiger partial charge on any atom is 0.142 e. The minimum atomic E-state index is 0.943. The van der Waals surface area contributed by atoms with Crippen LogP contribution in [0.5, 0.6) is 0 Å². The molecule has 4 heteroatoms. The molecule has 0 saturated carbocycles. The number of rotatable bonds is 5. The highest BCUT2D eigenvalue weighted by Crippen LogP contribution is 2.24. The zero-order chi connectivity index (χ0) is 13.6. The highest BCUT2D eigenvalue weighted by atomic mass is 32.2. The fraction of sp³-hybridized carbons (Fsp3) is 0.125. The molecule has 20 heavy (non-hydrogen) atoms. The molecule has 1 aromatic carbocycles. The Bertz CT molecular complexity index is 651. The first kappa shape index (κ1) is 13.3. The van der Waals surface area contributed by atoms with Gasteiger partial charge >= 0.3 is 0 Å². The van der Waals surface area contributed by atoms with Crippen molar-refractivity contribution < 1.29 is 0 Å². The number of thioether (sulfide) groups is 1. The van der Waals surface area contributed by atoms with Gasteiger partial charge in [0, 0.05) is 23.1 Å².